The average molecular weight is 135 g/mol. The molecule has 0 aromatic heterocycles. The molecule has 0 amide bonds. The summed E-state index contributed by atoms with van der Waals surface area (Å²) in [7, 11) is 1.59. The van der Waals surface area contributed by atoms with Crippen LogP contribution in [0.5, 0.6) is 5.75 Å². The zero-order chi connectivity index (χ0) is 7.40. The molecule has 0 radical (unpaired) electrons. The Morgan fingerprint density at radius 3 is 2.30 bits per heavy atom. The molecule has 0 heterocycles. The van der Waals surface area contributed by atoms with Crippen LogP contribution in [0.2, 0.25) is 0 Å². The quantitative estimate of drug-likeness (QED) is 0.574. The topological polar surface area (TPSA) is 26.3 Å². The van der Waals surface area contributed by atoms with Gasteiger partial charge in [0.25, 0.3) is 0 Å². The van der Waals surface area contributed by atoms with Crippen molar-refractivity contribution in [2.24, 2.45) is 0 Å². The molecule has 2 nitrogen and oxygen atoms in total. The summed E-state index contributed by atoms with van der Waals surface area (Å²) in [6, 6.07) is 6.94. The highest BCUT2D eigenvalue weighted by atomic mass is 16.5. The summed E-state index contributed by atoms with van der Waals surface area (Å²) in [4.78, 5) is 10.2. The van der Waals surface area contributed by atoms with Crippen molar-refractivity contribution in [1.29, 1.82) is 0 Å². The first-order valence-corrected chi connectivity index (χ1v) is 2.96. The van der Waals surface area contributed by atoms with Crippen molar-refractivity contribution in [3.8, 4) is 5.75 Å². The van der Waals surface area contributed by atoms with E-state index >= 15 is 0 Å². The Labute approximate surface area is 59.4 Å². The summed E-state index contributed by atoms with van der Waals surface area (Å²) >= 11 is 0. The summed E-state index contributed by atoms with van der Waals surface area (Å²) in [6.45, 7) is 0. The van der Waals surface area contributed by atoms with E-state index in [0.717, 1.165) is 12.0 Å². The van der Waals surface area contributed by atoms with Gasteiger partial charge in [0.15, 0.2) is 0 Å². The van der Waals surface area contributed by atoms with E-state index in [1.807, 2.05) is 0 Å². The second-order valence-corrected chi connectivity index (χ2v) is 1.89. The Morgan fingerprint density at radius 2 is 1.90 bits per heavy atom. The van der Waals surface area contributed by atoms with E-state index in [-0.39, 0.29) is 0 Å². The fourth-order valence-corrected chi connectivity index (χ4v) is 0.682. The van der Waals surface area contributed by atoms with Gasteiger partial charge in [0.2, 0.25) is 0 Å². The number of hydrogen-bond donors (Lipinski definition) is 0. The molecule has 1 aromatic rings. The summed E-state index contributed by atoms with van der Waals surface area (Å²) in [5.74, 6) is 0.769. The van der Waals surface area contributed by atoms with Gasteiger partial charge < -0.3 is 4.74 Å². The van der Waals surface area contributed by atoms with Crippen LogP contribution in [-0.4, -0.2) is 13.4 Å². The number of carbonyl (C=O) groups is 1. The molecule has 0 saturated heterocycles. The predicted octanol–water partition coefficient (Wildman–Crippen LogP) is 1.51. The van der Waals surface area contributed by atoms with Gasteiger partial charge in [0, 0.05) is 5.56 Å². The van der Waals surface area contributed by atoms with Crippen molar-refractivity contribution < 1.29 is 9.53 Å². The smallest absolute Gasteiger partial charge is 0.150 e. The fraction of sp³-hybridized carbons (Fsp3) is 0.125. The lowest BCUT2D eigenvalue weighted by Gasteiger charge is -1.96. The maximum Gasteiger partial charge on any atom is 0.150 e. The number of methoxy groups -OCH3 is 1. The van der Waals surface area contributed by atoms with Gasteiger partial charge in [-0.3, -0.25) is 4.79 Å². The first-order valence-electron chi connectivity index (χ1n) is 2.96. The Morgan fingerprint density at radius 1 is 1.30 bits per heavy atom. The second-order valence-electron chi connectivity index (χ2n) is 1.89. The molecule has 0 spiro atoms. The molecule has 1 rings (SSSR count). The van der Waals surface area contributed by atoms with Gasteiger partial charge in [0.05, 0.1) is 7.11 Å². The van der Waals surface area contributed by atoms with Crippen LogP contribution in [0.3, 0.4) is 0 Å². The SMILES string of the molecule is COc1ccc([11CH]=O)cc1. The number of rotatable bonds is 2. The lowest BCUT2D eigenvalue weighted by molar-refractivity contribution is 0.112. The molecule has 0 aliphatic carbocycles. The van der Waals surface area contributed by atoms with Crippen LogP contribution in [0.4, 0.5) is 0 Å². The number of carbonyl (C=O) groups excluding carboxylic acids is 1. The fourth-order valence-electron chi connectivity index (χ4n) is 0.682. The molecule has 0 N–H and O–H groups in total. The molecular weight excluding hydrogens is 127 g/mol. The van der Waals surface area contributed by atoms with Crippen LogP contribution in [0.25, 0.3) is 0 Å². The van der Waals surface area contributed by atoms with Crippen molar-refractivity contribution in [3.05, 3.63) is 29.8 Å². The highest BCUT2D eigenvalue weighted by Crippen LogP contribution is 2.09. The zero-order valence-electron chi connectivity index (χ0n) is 5.70. The van der Waals surface area contributed by atoms with Gasteiger partial charge in [-0.15, -0.1) is 0 Å². The van der Waals surface area contributed by atoms with Gasteiger partial charge in [0.1, 0.15) is 12.0 Å². The van der Waals surface area contributed by atoms with Gasteiger partial charge in [-0.2, -0.15) is 0 Å². The molecule has 0 unspecified atom stereocenters. The molecular formula is C8H8O2. The third-order valence-corrected chi connectivity index (χ3v) is 1.25. The molecule has 10 heavy (non-hydrogen) atoms. The third-order valence-electron chi connectivity index (χ3n) is 1.25. The van der Waals surface area contributed by atoms with Crippen LogP contribution >= 0.6 is 0 Å². The molecule has 52 valence electrons. The van der Waals surface area contributed by atoms with Crippen molar-refractivity contribution in [2.45, 2.75) is 0 Å². The van der Waals surface area contributed by atoms with Crippen molar-refractivity contribution in [3.63, 3.8) is 0 Å². The largest absolute Gasteiger partial charge is 0.497 e. The van der Waals surface area contributed by atoms with E-state index in [1.54, 1.807) is 31.4 Å². The molecule has 0 atom stereocenters. The third kappa shape index (κ3) is 1.35. The Kier molecular flexibility index (Phi) is 2.05. The van der Waals surface area contributed by atoms with E-state index in [0.29, 0.717) is 5.56 Å². The van der Waals surface area contributed by atoms with E-state index < -0.39 is 0 Å². The van der Waals surface area contributed by atoms with Crippen LogP contribution in [0, 0.1) is 0 Å². The maximum absolute atomic E-state index is 10.2. The Balaban J connectivity index is 2.90. The number of hydrogen-bond acceptors (Lipinski definition) is 2. The highest BCUT2D eigenvalue weighted by molar-refractivity contribution is 5.74. The van der Waals surface area contributed by atoms with Crippen molar-refractivity contribution in [1.82, 2.24) is 0 Å². The minimum atomic E-state index is 0.667. The summed E-state index contributed by atoms with van der Waals surface area (Å²) in [5, 5.41) is 0. The summed E-state index contributed by atoms with van der Waals surface area (Å²) in [5.41, 5.74) is 0.667. The van der Waals surface area contributed by atoms with E-state index in [9.17, 15) is 4.79 Å². The lowest BCUT2D eigenvalue weighted by Crippen LogP contribution is -1.82. The molecule has 2 heteroatoms. The minimum absolute atomic E-state index is 0.667. The maximum atomic E-state index is 10.2. The molecule has 0 aliphatic rings. The van der Waals surface area contributed by atoms with Crippen LogP contribution in [0.1, 0.15) is 10.4 Å². The highest BCUT2D eigenvalue weighted by Gasteiger charge is 1.89. The number of aldehydes is 1. The minimum Gasteiger partial charge on any atom is -0.497 e. The van der Waals surface area contributed by atoms with Gasteiger partial charge in [-0.25, -0.2) is 0 Å². The zero-order valence-corrected chi connectivity index (χ0v) is 5.70. The van der Waals surface area contributed by atoms with Crippen LogP contribution < -0.4 is 4.74 Å². The predicted molar refractivity (Wildman–Crippen MR) is 38.4 cm³/mol. The average Bonchev–Trinajstić information content (AvgIpc) is 2.05. The first-order chi connectivity index (χ1) is 4.86. The summed E-state index contributed by atoms with van der Waals surface area (Å²) in [6.07, 6.45) is 0.805. The van der Waals surface area contributed by atoms with Crippen molar-refractivity contribution >= 4 is 6.29 Å². The van der Waals surface area contributed by atoms with Gasteiger partial charge in [-0.05, 0) is 24.3 Å². The molecule has 0 aliphatic heterocycles. The van der Waals surface area contributed by atoms with Crippen LogP contribution in [0.15, 0.2) is 24.3 Å². The number of ether oxygens (including phenoxy) is 1. The Hall–Kier alpha value is -1.31. The normalized spacial score (nSPS) is 8.90. The first kappa shape index (κ1) is 6.81. The van der Waals surface area contributed by atoms with Gasteiger partial charge in [-0.1, -0.05) is 0 Å². The summed E-state index contributed by atoms with van der Waals surface area (Å²) < 4.78 is 4.90. The monoisotopic (exact) mass is 135 g/mol. The van der Waals surface area contributed by atoms with Crippen LogP contribution in [-0.2, 0) is 0 Å². The number of benzene rings is 1. The van der Waals surface area contributed by atoms with Crippen molar-refractivity contribution in [2.75, 3.05) is 7.11 Å². The molecule has 0 fully saturated rings. The van der Waals surface area contributed by atoms with E-state index in [2.05, 4.69) is 0 Å². The Bertz CT molecular complexity index is 213. The van der Waals surface area contributed by atoms with E-state index in [4.69, 9.17) is 4.74 Å². The molecule has 0 bridgehead atoms. The van der Waals surface area contributed by atoms with Gasteiger partial charge >= 0.3 is 0 Å². The second kappa shape index (κ2) is 3.01. The molecule has 0 saturated carbocycles. The lowest BCUT2D eigenvalue weighted by atomic mass is 10.0. The molecule has 1 aromatic carbocycles. The van der Waals surface area contributed by atoms with E-state index in [1.165, 1.54) is 0 Å². The standard InChI is InChI=1S/C8H8O2/c1-10-8-4-2-7(6-9)3-5-8/h2-6H,1H3/i6-1.